The van der Waals surface area contributed by atoms with Gasteiger partial charge in [0.25, 0.3) is 0 Å². The van der Waals surface area contributed by atoms with Gasteiger partial charge in [-0.15, -0.1) is 0 Å². The average Bonchev–Trinajstić information content (AvgIpc) is 3.03. The fraction of sp³-hybridized carbons (Fsp3) is 0.722. The smallest absolute Gasteiger partial charge is 0.191 e. The highest BCUT2D eigenvalue weighted by atomic mass is 16.5. The summed E-state index contributed by atoms with van der Waals surface area (Å²) in [6.07, 6.45) is 3.10. The van der Waals surface area contributed by atoms with E-state index in [1.54, 1.807) is 13.3 Å². The first-order chi connectivity index (χ1) is 11.4. The first kappa shape index (κ1) is 18.8. The van der Waals surface area contributed by atoms with Crippen molar-refractivity contribution >= 4 is 5.96 Å². The lowest BCUT2D eigenvalue weighted by atomic mass is 10.00. The Kier molecular flexibility index (Phi) is 6.69. The molecule has 136 valence electrons. The summed E-state index contributed by atoms with van der Waals surface area (Å²) in [5, 5.41) is 6.78. The van der Waals surface area contributed by atoms with E-state index in [1.165, 1.54) is 0 Å². The fourth-order valence-electron chi connectivity index (χ4n) is 3.06. The molecule has 0 spiro atoms. The summed E-state index contributed by atoms with van der Waals surface area (Å²) >= 11 is 0. The van der Waals surface area contributed by atoms with E-state index in [0.717, 1.165) is 44.3 Å². The Bertz CT molecular complexity index is 503. The minimum absolute atomic E-state index is 0.0327. The summed E-state index contributed by atoms with van der Waals surface area (Å²) in [6, 6.07) is 3.90. The molecule has 0 saturated carbocycles. The van der Waals surface area contributed by atoms with Crippen LogP contribution in [0, 0.1) is 0 Å². The molecular formula is C18H32N4O2. The van der Waals surface area contributed by atoms with Gasteiger partial charge in [0.05, 0.1) is 18.5 Å². The highest BCUT2D eigenvalue weighted by Gasteiger charge is 2.33. The van der Waals surface area contributed by atoms with Crippen molar-refractivity contribution in [2.24, 2.45) is 4.99 Å². The number of nitrogens with zero attached hydrogens (tertiary/aromatic N) is 2. The van der Waals surface area contributed by atoms with E-state index in [0.29, 0.717) is 0 Å². The lowest BCUT2D eigenvalue weighted by Crippen LogP contribution is -2.59. The van der Waals surface area contributed by atoms with Crippen LogP contribution in [0.5, 0.6) is 0 Å². The van der Waals surface area contributed by atoms with E-state index in [4.69, 9.17) is 9.15 Å². The maximum absolute atomic E-state index is 5.84. The summed E-state index contributed by atoms with van der Waals surface area (Å²) in [7, 11) is 1.80. The fourth-order valence-corrected chi connectivity index (χ4v) is 3.06. The third-order valence-electron chi connectivity index (χ3n) is 4.43. The summed E-state index contributed by atoms with van der Waals surface area (Å²) in [6.45, 7) is 12.4. The van der Waals surface area contributed by atoms with Crippen LogP contribution in [0.3, 0.4) is 0 Å². The van der Waals surface area contributed by atoms with Crippen molar-refractivity contribution in [3.05, 3.63) is 24.2 Å². The van der Waals surface area contributed by atoms with Crippen molar-refractivity contribution in [1.29, 1.82) is 0 Å². The second kappa shape index (κ2) is 8.53. The van der Waals surface area contributed by atoms with Crippen LogP contribution in [0.15, 0.2) is 27.8 Å². The molecule has 6 nitrogen and oxygen atoms in total. The molecule has 1 fully saturated rings. The molecule has 1 saturated heterocycles. The van der Waals surface area contributed by atoms with E-state index < -0.39 is 0 Å². The Labute approximate surface area is 145 Å². The third kappa shape index (κ3) is 5.53. The largest absolute Gasteiger partial charge is 0.469 e. The predicted octanol–water partition coefficient (Wildman–Crippen LogP) is 1.87. The number of ether oxygens (including phenoxy) is 1. The van der Waals surface area contributed by atoms with Crippen LogP contribution < -0.4 is 10.6 Å². The van der Waals surface area contributed by atoms with Gasteiger partial charge in [-0.3, -0.25) is 9.89 Å². The number of furan rings is 1. The summed E-state index contributed by atoms with van der Waals surface area (Å²) in [5.74, 6) is 1.80. The highest BCUT2D eigenvalue weighted by Crippen LogP contribution is 2.20. The van der Waals surface area contributed by atoms with Crippen molar-refractivity contribution in [3.63, 3.8) is 0 Å². The Morgan fingerprint density at radius 3 is 2.58 bits per heavy atom. The molecule has 6 heteroatoms. The number of rotatable bonds is 6. The SMILES string of the molecule is CN=C(NCCc1ccco1)NCC(C)(C)N1CC(C)OC(C)C1. The number of hydrogen-bond donors (Lipinski definition) is 2. The second-order valence-electron chi connectivity index (χ2n) is 7.16. The van der Waals surface area contributed by atoms with Crippen LogP contribution in [-0.4, -0.2) is 61.8 Å². The lowest BCUT2D eigenvalue weighted by Gasteiger charge is -2.45. The van der Waals surface area contributed by atoms with Gasteiger partial charge in [0.1, 0.15) is 5.76 Å². The van der Waals surface area contributed by atoms with Crippen molar-refractivity contribution in [2.75, 3.05) is 33.2 Å². The molecule has 0 aromatic carbocycles. The lowest BCUT2D eigenvalue weighted by molar-refractivity contribution is -0.0946. The zero-order valence-corrected chi connectivity index (χ0v) is 15.6. The maximum Gasteiger partial charge on any atom is 0.191 e. The summed E-state index contributed by atoms with van der Waals surface area (Å²) < 4.78 is 11.2. The van der Waals surface area contributed by atoms with Crippen molar-refractivity contribution in [3.8, 4) is 0 Å². The highest BCUT2D eigenvalue weighted by molar-refractivity contribution is 5.79. The zero-order valence-electron chi connectivity index (χ0n) is 15.6. The summed E-state index contributed by atoms with van der Waals surface area (Å²) in [5.41, 5.74) is 0.0327. The van der Waals surface area contributed by atoms with Crippen molar-refractivity contribution < 1.29 is 9.15 Å². The molecule has 2 atom stereocenters. The van der Waals surface area contributed by atoms with E-state index in [1.807, 2.05) is 12.1 Å². The molecule has 2 N–H and O–H groups in total. The van der Waals surface area contributed by atoms with Crippen LogP contribution in [0.1, 0.15) is 33.5 Å². The van der Waals surface area contributed by atoms with Gasteiger partial charge in [-0.25, -0.2) is 0 Å². The number of hydrogen-bond acceptors (Lipinski definition) is 4. The van der Waals surface area contributed by atoms with E-state index in [2.05, 4.69) is 48.2 Å². The van der Waals surface area contributed by atoms with Crippen LogP contribution >= 0.6 is 0 Å². The Morgan fingerprint density at radius 1 is 1.29 bits per heavy atom. The van der Waals surface area contributed by atoms with Gasteiger partial charge in [0, 0.05) is 45.2 Å². The maximum atomic E-state index is 5.84. The van der Waals surface area contributed by atoms with Gasteiger partial charge in [-0.2, -0.15) is 0 Å². The predicted molar refractivity (Wildman–Crippen MR) is 97.4 cm³/mol. The standard InChI is InChI=1S/C18H32N4O2/c1-14-11-22(12-15(2)24-14)18(3,4)13-21-17(19-5)20-9-8-16-7-6-10-23-16/h6-7,10,14-15H,8-9,11-13H2,1-5H3,(H2,19,20,21). The molecule has 1 aliphatic rings. The third-order valence-corrected chi connectivity index (χ3v) is 4.43. The molecular weight excluding hydrogens is 304 g/mol. The normalized spacial score (nSPS) is 23.3. The Balaban J connectivity index is 1.78. The summed E-state index contributed by atoms with van der Waals surface area (Å²) in [4.78, 5) is 6.80. The number of morpholine rings is 1. The van der Waals surface area contributed by atoms with Gasteiger partial charge in [0.2, 0.25) is 0 Å². The van der Waals surface area contributed by atoms with Gasteiger partial charge in [0.15, 0.2) is 5.96 Å². The molecule has 2 heterocycles. The van der Waals surface area contributed by atoms with Crippen LogP contribution in [0.4, 0.5) is 0 Å². The van der Waals surface area contributed by atoms with Crippen molar-refractivity contribution in [2.45, 2.75) is 51.9 Å². The molecule has 24 heavy (non-hydrogen) atoms. The van der Waals surface area contributed by atoms with E-state index >= 15 is 0 Å². The Hall–Kier alpha value is -1.53. The molecule has 1 aliphatic heterocycles. The molecule has 2 unspecified atom stereocenters. The monoisotopic (exact) mass is 336 g/mol. The van der Waals surface area contributed by atoms with Gasteiger partial charge in [-0.1, -0.05) is 0 Å². The van der Waals surface area contributed by atoms with Gasteiger partial charge < -0.3 is 19.8 Å². The molecule has 1 aromatic heterocycles. The number of nitrogens with one attached hydrogen (secondary N) is 2. The molecule has 0 bridgehead atoms. The second-order valence-corrected chi connectivity index (χ2v) is 7.16. The van der Waals surface area contributed by atoms with Crippen LogP contribution in [-0.2, 0) is 11.2 Å². The van der Waals surface area contributed by atoms with Crippen LogP contribution in [0.2, 0.25) is 0 Å². The van der Waals surface area contributed by atoms with Crippen molar-refractivity contribution in [1.82, 2.24) is 15.5 Å². The van der Waals surface area contributed by atoms with Crippen LogP contribution in [0.25, 0.3) is 0 Å². The molecule has 0 amide bonds. The van der Waals surface area contributed by atoms with Gasteiger partial charge in [-0.05, 0) is 39.8 Å². The minimum atomic E-state index is 0.0327. The zero-order chi connectivity index (χ0) is 17.6. The topological polar surface area (TPSA) is 62.0 Å². The minimum Gasteiger partial charge on any atom is -0.469 e. The molecule has 1 aromatic rings. The molecule has 2 rings (SSSR count). The van der Waals surface area contributed by atoms with Gasteiger partial charge >= 0.3 is 0 Å². The molecule has 0 radical (unpaired) electrons. The molecule has 0 aliphatic carbocycles. The van der Waals surface area contributed by atoms with E-state index in [9.17, 15) is 0 Å². The number of guanidine groups is 1. The average molecular weight is 336 g/mol. The first-order valence-corrected chi connectivity index (χ1v) is 8.78. The number of aliphatic imine (C=N–C) groups is 1. The van der Waals surface area contributed by atoms with E-state index in [-0.39, 0.29) is 17.7 Å². The Morgan fingerprint density at radius 2 is 2.00 bits per heavy atom. The first-order valence-electron chi connectivity index (χ1n) is 8.78. The quantitative estimate of drug-likeness (QED) is 0.613.